The van der Waals surface area contributed by atoms with E-state index in [4.69, 9.17) is 9.15 Å². The summed E-state index contributed by atoms with van der Waals surface area (Å²) in [4.78, 5) is 22.4. The van der Waals surface area contributed by atoms with Gasteiger partial charge in [-0.15, -0.1) is 0 Å². The number of furan rings is 1. The second kappa shape index (κ2) is 5.45. The van der Waals surface area contributed by atoms with Crippen molar-refractivity contribution >= 4 is 33.9 Å². The number of benzene rings is 1. The molecule has 0 unspecified atom stereocenters. The van der Waals surface area contributed by atoms with E-state index in [9.17, 15) is 9.90 Å². The Labute approximate surface area is 137 Å². The van der Waals surface area contributed by atoms with Gasteiger partial charge in [0.05, 0.1) is 6.10 Å². The number of nitrogens with zero attached hydrogens (tertiary/aromatic N) is 3. The predicted octanol–water partition coefficient (Wildman–Crippen LogP) is 2.36. The van der Waals surface area contributed by atoms with Gasteiger partial charge in [0.1, 0.15) is 23.0 Å². The summed E-state index contributed by atoms with van der Waals surface area (Å²) in [5.41, 5.74) is 1.94. The predicted molar refractivity (Wildman–Crippen MR) is 88.2 cm³/mol. The number of carboxylic acids is 1. The van der Waals surface area contributed by atoms with Crippen LogP contribution in [0.25, 0.3) is 22.1 Å². The van der Waals surface area contributed by atoms with Crippen LogP contribution in [0.1, 0.15) is 12.2 Å². The molecule has 7 heteroatoms. The molecular weight excluding hydrogens is 310 g/mol. The summed E-state index contributed by atoms with van der Waals surface area (Å²) in [6.07, 6.45) is 0.261. The summed E-state index contributed by atoms with van der Waals surface area (Å²) >= 11 is 0. The third-order valence-corrected chi connectivity index (χ3v) is 4.47. The Morgan fingerprint density at radius 2 is 2.17 bits per heavy atom. The van der Waals surface area contributed by atoms with E-state index >= 15 is 0 Å². The monoisotopic (exact) mass is 327 g/mol. The Morgan fingerprint density at radius 3 is 2.92 bits per heavy atom. The number of aryl methyl sites for hydroxylation is 1. The van der Waals surface area contributed by atoms with E-state index in [1.807, 2.05) is 24.3 Å². The molecule has 2 aromatic heterocycles. The molecule has 3 heterocycles. The number of fused-ring (bicyclic) bond motifs is 3. The average Bonchev–Trinajstić information content (AvgIpc) is 3.15. The zero-order valence-corrected chi connectivity index (χ0v) is 13.4. The van der Waals surface area contributed by atoms with Crippen molar-refractivity contribution in [1.82, 2.24) is 9.97 Å². The number of carboxylic acid groups (broad SMARTS) is 1. The number of para-hydroxylation sites is 1. The largest absolute Gasteiger partial charge is 0.480 e. The first-order chi connectivity index (χ1) is 11.6. The molecule has 4 rings (SSSR count). The number of carbonyl (C=O) groups is 1. The van der Waals surface area contributed by atoms with Crippen molar-refractivity contribution in [3.8, 4) is 0 Å². The molecule has 0 bridgehead atoms. The number of aromatic nitrogens is 2. The van der Waals surface area contributed by atoms with Gasteiger partial charge in [0.25, 0.3) is 0 Å². The standard InChI is InChI=1S/C17H17N3O4/c1-9-18-14-11-5-3-4-6-13(11)24-15(14)16(19-9)20-8-10(23-2)7-12(20)17(21)22/h3-6,10,12H,7-8H2,1-2H3,(H,21,22)/t10-,12-/m0/s1. The van der Waals surface area contributed by atoms with E-state index in [2.05, 4.69) is 9.97 Å². The van der Waals surface area contributed by atoms with Gasteiger partial charge in [-0.3, -0.25) is 0 Å². The molecule has 0 saturated carbocycles. The SMILES string of the molecule is CO[C@H]1C[C@@H](C(=O)O)N(c2nc(C)nc3c2oc2ccccc23)C1. The van der Waals surface area contributed by atoms with Crippen LogP contribution in [0.4, 0.5) is 5.82 Å². The van der Waals surface area contributed by atoms with Crippen molar-refractivity contribution in [2.45, 2.75) is 25.5 Å². The molecule has 1 aliphatic heterocycles. The lowest BCUT2D eigenvalue weighted by molar-refractivity contribution is -0.138. The van der Waals surface area contributed by atoms with E-state index in [0.717, 1.165) is 5.39 Å². The van der Waals surface area contributed by atoms with Crippen LogP contribution in [0, 0.1) is 6.92 Å². The summed E-state index contributed by atoms with van der Waals surface area (Å²) in [6, 6.07) is 6.92. The summed E-state index contributed by atoms with van der Waals surface area (Å²) in [6.45, 7) is 2.25. The van der Waals surface area contributed by atoms with Crippen molar-refractivity contribution in [3.63, 3.8) is 0 Å². The Hall–Kier alpha value is -2.67. The van der Waals surface area contributed by atoms with Crippen molar-refractivity contribution in [1.29, 1.82) is 0 Å². The second-order valence-corrected chi connectivity index (χ2v) is 5.97. The number of aliphatic carboxylic acids is 1. The molecule has 1 saturated heterocycles. The molecule has 0 aliphatic carbocycles. The number of ether oxygens (including phenoxy) is 1. The van der Waals surface area contributed by atoms with Gasteiger partial charge in [-0.2, -0.15) is 0 Å². The molecule has 0 radical (unpaired) electrons. The van der Waals surface area contributed by atoms with Gasteiger partial charge in [-0.1, -0.05) is 12.1 Å². The van der Waals surface area contributed by atoms with Gasteiger partial charge in [0, 0.05) is 25.5 Å². The molecule has 0 amide bonds. The van der Waals surface area contributed by atoms with Crippen molar-refractivity contribution < 1.29 is 19.1 Å². The molecule has 2 atom stereocenters. The zero-order chi connectivity index (χ0) is 16.8. The molecule has 7 nitrogen and oxygen atoms in total. The van der Waals surface area contributed by atoms with Crippen LogP contribution in [0.5, 0.6) is 0 Å². The van der Waals surface area contributed by atoms with Crippen molar-refractivity contribution in [2.24, 2.45) is 0 Å². The van der Waals surface area contributed by atoms with Crippen molar-refractivity contribution in [2.75, 3.05) is 18.6 Å². The number of hydrogen-bond acceptors (Lipinski definition) is 6. The first-order valence-electron chi connectivity index (χ1n) is 7.76. The Kier molecular flexibility index (Phi) is 3.38. The lowest BCUT2D eigenvalue weighted by atomic mass is 10.2. The molecule has 0 spiro atoms. The topological polar surface area (TPSA) is 88.7 Å². The van der Waals surface area contributed by atoms with Crippen molar-refractivity contribution in [3.05, 3.63) is 30.1 Å². The minimum absolute atomic E-state index is 0.152. The number of anilines is 1. The summed E-state index contributed by atoms with van der Waals surface area (Å²) in [7, 11) is 1.59. The first-order valence-corrected chi connectivity index (χ1v) is 7.76. The lowest BCUT2D eigenvalue weighted by Crippen LogP contribution is -2.36. The maximum Gasteiger partial charge on any atom is 0.326 e. The Morgan fingerprint density at radius 1 is 1.38 bits per heavy atom. The maximum absolute atomic E-state index is 11.7. The molecule has 124 valence electrons. The molecule has 1 aromatic carbocycles. The maximum atomic E-state index is 11.7. The summed E-state index contributed by atoms with van der Waals surface area (Å²) in [5.74, 6) is 0.199. The van der Waals surface area contributed by atoms with Crippen LogP contribution in [-0.4, -0.2) is 46.8 Å². The van der Waals surface area contributed by atoms with E-state index in [-0.39, 0.29) is 6.10 Å². The van der Waals surface area contributed by atoms with Gasteiger partial charge in [0.2, 0.25) is 0 Å². The number of methoxy groups -OCH3 is 1. The van der Waals surface area contributed by atoms with Gasteiger partial charge in [-0.05, 0) is 19.1 Å². The van der Waals surface area contributed by atoms with Gasteiger partial charge in [0.15, 0.2) is 11.4 Å². The second-order valence-electron chi connectivity index (χ2n) is 5.97. The van der Waals surface area contributed by atoms with E-state index in [1.165, 1.54) is 0 Å². The highest BCUT2D eigenvalue weighted by Crippen LogP contribution is 2.36. The van der Waals surface area contributed by atoms with Gasteiger partial charge in [-0.25, -0.2) is 14.8 Å². The van der Waals surface area contributed by atoms with Crippen LogP contribution in [0.2, 0.25) is 0 Å². The molecule has 1 aliphatic rings. The zero-order valence-electron chi connectivity index (χ0n) is 13.4. The van der Waals surface area contributed by atoms with E-state index in [0.29, 0.717) is 41.3 Å². The highest BCUT2D eigenvalue weighted by atomic mass is 16.5. The lowest BCUT2D eigenvalue weighted by Gasteiger charge is -2.22. The minimum Gasteiger partial charge on any atom is -0.480 e. The molecule has 1 fully saturated rings. The third-order valence-electron chi connectivity index (χ3n) is 4.47. The number of rotatable bonds is 3. The summed E-state index contributed by atoms with van der Waals surface area (Å²) < 4.78 is 11.3. The molecule has 24 heavy (non-hydrogen) atoms. The normalized spacial score (nSPS) is 21.0. The third kappa shape index (κ3) is 2.20. The fraction of sp³-hybridized carbons (Fsp3) is 0.353. The smallest absolute Gasteiger partial charge is 0.326 e. The average molecular weight is 327 g/mol. The quantitative estimate of drug-likeness (QED) is 0.790. The Balaban J connectivity index is 1.94. The van der Waals surface area contributed by atoms with E-state index < -0.39 is 12.0 Å². The molecule has 3 aromatic rings. The minimum atomic E-state index is -0.893. The fourth-order valence-corrected chi connectivity index (χ4v) is 3.32. The van der Waals surface area contributed by atoms with Crippen LogP contribution >= 0.6 is 0 Å². The van der Waals surface area contributed by atoms with E-state index in [1.54, 1.807) is 18.9 Å². The molecular formula is C17H17N3O4. The Bertz CT molecular complexity index is 936. The highest BCUT2D eigenvalue weighted by Gasteiger charge is 2.39. The van der Waals surface area contributed by atoms with Gasteiger partial charge < -0.3 is 19.2 Å². The fourth-order valence-electron chi connectivity index (χ4n) is 3.32. The highest BCUT2D eigenvalue weighted by molar-refractivity contribution is 6.06. The van der Waals surface area contributed by atoms with Gasteiger partial charge >= 0.3 is 5.97 Å². The van der Waals surface area contributed by atoms with Crippen LogP contribution in [0.15, 0.2) is 28.7 Å². The summed E-state index contributed by atoms with van der Waals surface area (Å²) in [5, 5.41) is 10.5. The number of hydrogen-bond donors (Lipinski definition) is 1. The van der Waals surface area contributed by atoms with Crippen LogP contribution < -0.4 is 4.90 Å². The van der Waals surface area contributed by atoms with Crippen LogP contribution in [-0.2, 0) is 9.53 Å². The van der Waals surface area contributed by atoms with Crippen LogP contribution in [0.3, 0.4) is 0 Å². The first kappa shape index (κ1) is 14.9. The molecule has 1 N–H and O–H groups in total.